The van der Waals surface area contributed by atoms with Crippen molar-refractivity contribution in [2.45, 2.75) is 26.7 Å². The van der Waals surface area contributed by atoms with E-state index in [2.05, 4.69) is 10.6 Å². The van der Waals surface area contributed by atoms with E-state index in [1.165, 1.54) is 0 Å². The number of benzene rings is 2. The number of hydrogen-bond acceptors (Lipinski definition) is 2. The molecular formula is C19H20N2O2. The van der Waals surface area contributed by atoms with Crippen LogP contribution in [0.25, 0.3) is 0 Å². The molecule has 0 heterocycles. The molecule has 0 saturated heterocycles. The molecule has 0 unspecified atom stereocenters. The molecule has 2 aromatic rings. The van der Waals surface area contributed by atoms with Crippen LogP contribution in [0.15, 0.2) is 42.5 Å². The van der Waals surface area contributed by atoms with E-state index in [0.717, 1.165) is 29.7 Å². The van der Waals surface area contributed by atoms with E-state index in [0.29, 0.717) is 11.3 Å². The number of rotatable bonds is 4. The fraction of sp³-hybridized carbons (Fsp3) is 0.263. The van der Waals surface area contributed by atoms with Gasteiger partial charge in [-0.3, -0.25) is 9.59 Å². The first-order valence-corrected chi connectivity index (χ1v) is 7.83. The van der Waals surface area contributed by atoms with Gasteiger partial charge < -0.3 is 10.6 Å². The molecular weight excluding hydrogens is 288 g/mol. The van der Waals surface area contributed by atoms with Crippen molar-refractivity contribution in [3.05, 3.63) is 59.2 Å². The fourth-order valence-corrected chi connectivity index (χ4v) is 2.50. The van der Waals surface area contributed by atoms with Crippen molar-refractivity contribution in [1.29, 1.82) is 0 Å². The molecule has 1 aliphatic rings. The Balaban J connectivity index is 1.79. The molecule has 0 atom stereocenters. The second kappa shape index (κ2) is 6.24. The Morgan fingerprint density at radius 2 is 1.57 bits per heavy atom. The lowest BCUT2D eigenvalue weighted by Crippen LogP contribution is -2.17. The number of amides is 2. The number of aryl methyl sites for hydroxylation is 1. The van der Waals surface area contributed by atoms with Gasteiger partial charge in [0.15, 0.2) is 0 Å². The quantitative estimate of drug-likeness (QED) is 0.900. The first-order valence-electron chi connectivity index (χ1n) is 7.83. The van der Waals surface area contributed by atoms with Gasteiger partial charge in [-0.2, -0.15) is 0 Å². The third kappa shape index (κ3) is 3.42. The third-order valence-electron chi connectivity index (χ3n) is 4.18. The molecule has 2 amide bonds. The Morgan fingerprint density at radius 3 is 2.22 bits per heavy atom. The van der Waals surface area contributed by atoms with Gasteiger partial charge in [-0.1, -0.05) is 24.3 Å². The molecule has 0 radical (unpaired) electrons. The maximum Gasteiger partial charge on any atom is 0.255 e. The van der Waals surface area contributed by atoms with E-state index in [9.17, 15) is 9.59 Å². The van der Waals surface area contributed by atoms with E-state index in [1.807, 2.05) is 50.2 Å². The van der Waals surface area contributed by atoms with Gasteiger partial charge in [-0.05, 0) is 56.0 Å². The maximum atomic E-state index is 12.4. The van der Waals surface area contributed by atoms with Crippen molar-refractivity contribution in [3.63, 3.8) is 0 Å². The summed E-state index contributed by atoms with van der Waals surface area (Å²) in [5.41, 5.74) is 3.92. The Morgan fingerprint density at radius 1 is 0.913 bits per heavy atom. The maximum absolute atomic E-state index is 12.4. The molecule has 1 saturated carbocycles. The molecule has 23 heavy (non-hydrogen) atoms. The normalized spacial score (nSPS) is 13.5. The third-order valence-corrected chi connectivity index (χ3v) is 4.18. The zero-order valence-corrected chi connectivity index (χ0v) is 13.3. The minimum Gasteiger partial charge on any atom is -0.326 e. The highest BCUT2D eigenvalue weighted by Gasteiger charge is 2.29. The van der Waals surface area contributed by atoms with Gasteiger partial charge in [-0.15, -0.1) is 0 Å². The van der Waals surface area contributed by atoms with E-state index >= 15 is 0 Å². The number of carbonyl (C=O) groups excluding carboxylic acids is 2. The average Bonchev–Trinajstić information content (AvgIpc) is 3.36. The molecule has 0 aromatic heterocycles. The average molecular weight is 308 g/mol. The molecule has 4 nitrogen and oxygen atoms in total. The van der Waals surface area contributed by atoms with Crippen LogP contribution < -0.4 is 10.6 Å². The summed E-state index contributed by atoms with van der Waals surface area (Å²) >= 11 is 0. The molecule has 2 N–H and O–H groups in total. The highest BCUT2D eigenvalue weighted by Crippen LogP contribution is 2.31. The summed E-state index contributed by atoms with van der Waals surface area (Å²) in [7, 11) is 0. The van der Waals surface area contributed by atoms with Crippen LogP contribution >= 0.6 is 0 Å². The van der Waals surface area contributed by atoms with Gasteiger partial charge in [0.05, 0.1) is 0 Å². The van der Waals surface area contributed by atoms with E-state index in [-0.39, 0.29) is 17.7 Å². The Kier molecular flexibility index (Phi) is 4.15. The molecule has 4 heteroatoms. The molecule has 1 fully saturated rings. The lowest BCUT2D eigenvalue weighted by molar-refractivity contribution is -0.117. The standard InChI is InChI=1S/C19H20N2O2/c1-12-6-3-4-7-15(12)19(23)21-17-9-5-8-16(13(17)2)20-18(22)14-10-11-14/h3-9,14H,10-11H2,1-2H3,(H,20,22)(H,21,23). The van der Waals surface area contributed by atoms with Crippen LogP contribution in [-0.2, 0) is 4.79 Å². The largest absolute Gasteiger partial charge is 0.326 e. The smallest absolute Gasteiger partial charge is 0.255 e. The van der Waals surface area contributed by atoms with Gasteiger partial charge in [0, 0.05) is 22.9 Å². The van der Waals surface area contributed by atoms with Crippen LogP contribution in [0.5, 0.6) is 0 Å². The van der Waals surface area contributed by atoms with Crippen LogP contribution in [0.4, 0.5) is 11.4 Å². The van der Waals surface area contributed by atoms with Gasteiger partial charge in [0.1, 0.15) is 0 Å². The van der Waals surface area contributed by atoms with E-state index in [1.54, 1.807) is 6.07 Å². The first kappa shape index (κ1) is 15.3. The van der Waals surface area contributed by atoms with Crippen molar-refractivity contribution in [1.82, 2.24) is 0 Å². The summed E-state index contributed by atoms with van der Waals surface area (Å²) in [4.78, 5) is 24.4. The predicted molar refractivity (Wildman–Crippen MR) is 91.7 cm³/mol. The summed E-state index contributed by atoms with van der Waals surface area (Å²) in [6.45, 7) is 3.81. The van der Waals surface area contributed by atoms with Gasteiger partial charge in [-0.25, -0.2) is 0 Å². The molecule has 3 rings (SSSR count). The summed E-state index contributed by atoms with van der Waals surface area (Å²) < 4.78 is 0. The molecule has 0 aliphatic heterocycles. The zero-order chi connectivity index (χ0) is 16.4. The highest BCUT2D eigenvalue weighted by atomic mass is 16.2. The molecule has 1 aliphatic carbocycles. The molecule has 0 bridgehead atoms. The van der Waals surface area contributed by atoms with Crippen molar-refractivity contribution in [3.8, 4) is 0 Å². The molecule has 2 aromatic carbocycles. The van der Waals surface area contributed by atoms with Crippen molar-refractivity contribution in [2.75, 3.05) is 10.6 Å². The Hall–Kier alpha value is -2.62. The van der Waals surface area contributed by atoms with Crippen LogP contribution in [-0.4, -0.2) is 11.8 Å². The zero-order valence-electron chi connectivity index (χ0n) is 13.3. The Bertz CT molecular complexity index is 764. The van der Waals surface area contributed by atoms with Crippen LogP contribution in [0.3, 0.4) is 0 Å². The van der Waals surface area contributed by atoms with E-state index < -0.39 is 0 Å². The summed E-state index contributed by atoms with van der Waals surface area (Å²) in [5.74, 6) is 0.0759. The molecule has 118 valence electrons. The monoisotopic (exact) mass is 308 g/mol. The number of nitrogens with one attached hydrogen (secondary N) is 2. The molecule has 0 spiro atoms. The number of anilines is 2. The van der Waals surface area contributed by atoms with Crippen LogP contribution in [0.1, 0.15) is 34.3 Å². The summed E-state index contributed by atoms with van der Waals surface area (Å²) in [6, 6.07) is 13.0. The minimum atomic E-state index is -0.142. The van der Waals surface area contributed by atoms with Crippen molar-refractivity contribution in [2.24, 2.45) is 5.92 Å². The van der Waals surface area contributed by atoms with Gasteiger partial charge in [0.2, 0.25) is 5.91 Å². The topological polar surface area (TPSA) is 58.2 Å². The second-order valence-corrected chi connectivity index (χ2v) is 6.01. The second-order valence-electron chi connectivity index (χ2n) is 6.01. The lowest BCUT2D eigenvalue weighted by atomic mass is 10.1. The predicted octanol–water partition coefficient (Wildman–Crippen LogP) is 3.90. The SMILES string of the molecule is Cc1ccccc1C(=O)Nc1cccc(NC(=O)C2CC2)c1C. The Labute approximate surface area is 135 Å². The van der Waals surface area contributed by atoms with E-state index in [4.69, 9.17) is 0 Å². The first-order chi connectivity index (χ1) is 11.1. The lowest BCUT2D eigenvalue weighted by Gasteiger charge is -2.14. The minimum absolute atomic E-state index is 0.0653. The van der Waals surface area contributed by atoms with Gasteiger partial charge in [0.25, 0.3) is 5.91 Å². The van der Waals surface area contributed by atoms with Crippen LogP contribution in [0.2, 0.25) is 0 Å². The number of hydrogen-bond donors (Lipinski definition) is 2. The summed E-state index contributed by atoms with van der Waals surface area (Å²) in [6.07, 6.45) is 1.93. The fourth-order valence-electron chi connectivity index (χ4n) is 2.50. The van der Waals surface area contributed by atoms with Crippen LogP contribution in [0, 0.1) is 19.8 Å². The number of carbonyl (C=O) groups is 2. The van der Waals surface area contributed by atoms with Gasteiger partial charge >= 0.3 is 0 Å². The summed E-state index contributed by atoms with van der Waals surface area (Å²) in [5, 5.41) is 5.88. The van der Waals surface area contributed by atoms with Crippen molar-refractivity contribution >= 4 is 23.2 Å². The highest BCUT2D eigenvalue weighted by molar-refractivity contribution is 6.06. The van der Waals surface area contributed by atoms with Crippen molar-refractivity contribution < 1.29 is 9.59 Å².